The molecule has 0 saturated carbocycles. The predicted octanol–water partition coefficient (Wildman–Crippen LogP) is 2.67. The summed E-state index contributed by atoms with van der Waals surface area (Å²) in [6.45, 7) is 2.35. The number of benzene rings is 1. The lowest BCUT2D eigenvalue weighted by molar-refractivity contribution is 0.112. The second kappa shape index (κ2) is 6.30. The lowest BCUT2D eigenvalue weighted by Gasteiger charge is -2.13. The molecule has 0 saturated heterocycles. The van der Waals surface area contributed by atoms with Gasteiger partial charge in [0.25, 0.3) is 5.24 Å². The quantitative estimate of drug-likeness (QED) is 0.611. The summed E-state index contributed by atoms with van der Waals surface area (Å²) in [7, 11) is 3.33. The average molecular weight is 253 g/mol. The Labute approximate surface area is 105 Å². The van der Waals surface area contributed by atoms with Crippen molar-refractivity contribution in [3.63, 3.8) is 0 Å². The maximum Gasteiger partial charge on any atom is 0.286 e. The minimum absolute atomic E-state index is 0.139. The number of carbonyl (C=O) groups excluding carboxylic acids is 2. The molecule has 0 heterocycles. The molecule has 1 aromatic rings. The Hall–Kier alpha value is -1.49. The highest BCUT2D eigenvalue weighted by atomic mass is 32.2. The molecule has 0 aliphatic carbocycles. The highest BCUT2D eigenvalue weighted by Crippen LogP contribution is 2.33. The fourth-order valence-corrected chi connectivity index (χ4v) is 2.00. The van der Waals surface area contributed by atoms with Crippen LogP contribution in [0, 0.1) is 0 Å². The van der Waals surface area contributed by atoms with Crippen LogP contribution in [0.3, 0.4) is 0 Å². The minimum Gasteiger partial charge on any atom is -0.493 e. The van der Waals surface area contributed by atoms with Gasteiger partial charge in [-0.25, -0.2) is 0 Å². The maximum absolute atomic E-state index is 11.7. The van der Waals surface area contributed by atoms with E-state index in [2.05, 4.69) is 0 Å². The first-order chi connectivity index (χ1) is 8.10. The molecule has 0 aliphatic rings. The van der Waals surface area contributed by atoms with Crippen molar-refractivity contribution in [3.8, 4) is 5.75 Å². The molecule has 0 bridgehead atoms. The van der Waals surface area contributed by atoms with E-state index in [1.165, 1.54) is 4.90 Å². The summed E-state index contributed by atoms with van der Waals surface area (Å²) in [4.78, 5) is 24.6. The van der Waals surface area contributed by atoms with Crippen molar-refractivity contribution in [2.24, 2.45) is 0 Å². The van der Waals surface area contributed by atoms with Gasteiger partial charge in [-0.15, -0.1) is 0 Å². The Balaban J connectivity index is 3.08. The maximum atomic E-state index is 11.7. The van der Waals surface area contributed by atoms with Crippen LogP contribution < -0.4 is 4.74 Å². The number of aldehydes is 1. The molecule has 1 amide bonds. The molecule has 5 heteroatoms. The van der Waals surface area contributed by atoms with Gasteiger partial charge in [0.1, 0.15) is 5.75 Å². The van der Waals surface area contributed by atoms with Crippen LogP contribution in [0.25, 0.3) is 0 Å². The molecule has 92 valence electrons. The van der Waals surface area contributed by atoms with Crippen molar-refractivity contribution >= 4 is 23.3 Å². The SMILES string of the molecule is CCOc1cccc(C=O)c1SC(=O)N(C)C. The van der Waals surface area contributed by atoms with Gasteiger partial charge >= 0.3 is 0 Å². The molecule has 0 atom stereocenters. The Bertz CT molecular complexity index is 418. The zero-order valence-corrected chi connectivity index (χ0v) is 10.9. The third kappa shape index (κ3) is 3.49. The number of amides is 1. The first kappa shape index (κ1) is 13.6. The van der Waals surface area contributed by atoms with E-state index in [-0.39, 0.29) is 5.24 Å². The van der Waals surface area contributed by atoms with E-state index in [9.17, 15) is 9.59 Å². The van der Waals surface area contributed by atoms with Crippen LogP contribution in [0.2, 0.25) is 0 Å². The molecule has 0 unspecified atom stereocenters. The van der Waals surface area contributed by atoms with Crippen molar-refractivity contribution in [2.45, 2.75) is 11.8 Å². The van der Waals surface area contributed by atoms with E-state index < -0.39 is 0 Å². The van der Waals surface area contributed by atoms with Gasteiger partial charge in [-0.2, -0.15) is 0 Å². The van der Waals surface area contributed by atoms with Gasteiger partial charge in [-0.3, -0.25) is 9.59 Å². The molecule has 17 heavy (non-hydrogen) atoms. The van der Waals surface area contributed by atoms with Crippen molar-refractivity contribution in [1.29, 1.82) is 0 Å². The summed E-state index contributed by atoms with van der Waals surface area (Å²) in [6, 6.07) is 5.15. The number of nitrogens with zero attached hydrogens (tertiary/aromatic N) is 1. The highest BCUT2D eigenvalue weighted by Gasteiger charge is 2.15. The average Bonchev–Trinajstić information content (AvgIpc) is 2.31. The molecule has 1 rings (SSSR count). The molecule has 0 radical (unpaired) electrons. The number of hydrogen-bond acceptors (Lipinski definition) is 4. The molecular weight excluding hydrogens is 238 g/mol. The van der Waals surface area contributed by atoms with Crippen molar-refractivity contribution in [2.75, 3.05) is 20.7 Å². The summed E-state index contributed by atoms with van der Waals surface area (Å²) in [5.41, 5.74) is 0.469. The van der Waals surface area contributed by atoms with Crippen LogP contribution in [0.5, 0.6) is 5.75 Å². The van der Waals surface area contributed by atoms with Gasteiger partial charge in [0.15, 0.2) is 6.29 Å². The number of thioether (sulfide) groups is 1. The second-order valence-electron chi connectivity index (χ2n) is 3.49. The fourth-order valence-electron chi connectivity index (χ4n) is 1.18. The van der Waals surface area contributed by atoms with E-state index in [4.69, 9.17) is 4.74 Å². The topological polar surface area (TPSA) is 46.6 Å². The first-order valence-electron chi connectivity index (χ1n) is 5.20. The first-order valence-corrected chi connectivity index (χ1v) is 6.02. The van der Waals surface area contributed by atoms with E-state index in [0.29, 0.717) is 22.8 Å². The standard InChI is InChI=1S/C12H15NO3S/c1-4-16-10-7-5-6-9(8-14)11(10)17-12(15)13(2)3/h5-8H,4H2,1-3H3. The number of hydrogen-bond donors (Lipinski definition) is 0. The van der Waals surface area contributed by atoms with Gasteiger partial charge in [0.2, 0.25) is 0 Å². The van der Waals surface area contributed by atoms with Crippen LogP contribution in [0.1, 0.15) is 17.3 Å². The summed E-state index contributed by atoms with van der Waals surface area (Å²) in [6.07, 6.45) is 0.730. The zero-order valence-electron chi connectivity index (χ0n) is 10.1. The molecule has 4 nitrogen and oxygen atoms in total. The van der Waals surface area contributed by atoms with Crippen LogP contribution in [-0.2, 0) is 0 Å². The van der Waals surface area contributed by atoms with Gasteiger partial charge in [-0.05, 0) is 24.8 Å². The summed E-state index contributed by atoms with van der Waals surface area (Å²) in [5, 5.41) is -0.139. The Morgan fingerprint density at radius 1 is 1.47 bits per heavy atom. The van der Waals surface area contributed by atoms with E-state index in [0.717, 1.165) is 18.0 Å². The highest BCUT2D eigenvalue weighted by molar-refractivity contribution is 8.13. The van der Waals surface area contributed by atoms with Crippen LogP contribution in [0.15, 0.2) is 23.1 Å². The molecule has 0 aromatic heterocycles. The summed E-state index contributed by atoms with van der Waals surface area (Å²) >= 11 is 1.00. The third-order valence-corrected chi connectivity index (χ3v) is 3.17. The largest absolute Gasteiger partial charge is 0.493 e. The van der Waals surface area contributed by atoms with E-state index in [1.54, 1.807) is 32.3 Å². The Morgan fingerprint density at radius 2 is 2.18 bits per heavy atom. The normalized spacial score (nSPS) is 9.82. The summed E-state index contributed by atoms with van der Waals surface area (Å²) in [5.74, 6) is 0.567. The van der Waals surface area contributed by atoms with Crippen LogP contribution >= 0.6 is 11.8 Å². The van der Waals surface area contributed by atoms with Gasteiger partial charge in [0.05, 0.1) is 11.5 Å². The lowest BCUT2D eigenvalue weighted by Crippen LogP contribution is -2.16. The molecule has 0 N–H and O–H groups in total. The number of carbonyl (C=O) groups is 2. The van der Waals surface area contributed by atoms with Crippen molar-refractivity contribution in [1.82, 2.24) is 4.90 Å². The number of rotatable bonds is 4. The van der Waals surface area contributed by atoms with Crippen LogP contribution in [-0.4, -0.2) is 37.1 Å². The van der Waals surface area contributed by atoms with Gasteiger partial charge in [0, 0.05) is 19.7 Å². The molecular formula is C12H15NO3S. The van der Waals surface area contributed by atoms with Gasteiger partial charge in [-0.1, -0.05) is 12.1 Å². The Morgan fingerprint density at radius 3 is 2.71 bits per heavy atom. The summed E-state index contributed by atoms with van der Waals surface area (Å²) < 4.78 is 5.41. The second-order valence-corrected chi connectivity index (χ2v) is 4.45. The molecule has 0 spiro atoms. The third-order valence-electron chi connectivity index (χ3n) is 1.99. The Kier molecular flexibility index (Phi) is 5.03. The molecule has 1 aromatic carbocycles. The lowest BCUT2D eigenvalue weighted by atomic mass is 10.2. The fraction of sp³-hybridized carbons (Fsp3) is 0.333. The zero-order chi connectivity index (χ0) is 12.8. The monoisotopic (exact) mass is 253 g/mol. The van der Waals surface area contributed by atoms with Crippen molar-refractivity contribution in [3.05, 3.63) is 23.8 Å². The van der Waals surface area contributed by atoms with Gasteiger partial charge < -0.3 is 9.64 Å². The van der Waals surface area contributed by atoms with E-state index in [1.807, 2.05) is 6.92 Å². The minimum atomic E-state index is -0.139. The predicted molar refractivity (Wildman–Crippen MR) is 67.9 cm³/mol. The van der Waals surface area contributed by atoms with E-state index >= 15 is 0 Å². The van der Waals surface area contributed by atoms with Crippen molar-refractivity contribution < 1.29 is 14.3 Å². The van der Waals surface area contributed by atoms with Crippen LogP contribution in [0.4, 0.5) is 4.79 Å². The smallest absolute Gasteiger partial charge is 0.286 e. The molecule has 0 aliphatic heterocycles. The number of ether oxygens (including phenoxy) is 1. The molecule has 0 fully saturated rings.